The Morgan fingerprint density at radius 1 is 1.37 bits per heavy atom. The highest BCUT2D eigenvalue weighted by Crippen LogP contribution is 2.39. The van der Waals surface area contributed by atoms with Crippen LogP contribution in [-0.4, -0.2) is 46.6 Å². The molecule has 0 fully saturated rings. The van der Waals surface area contributed by atoms with E-state index in [0.717, 1.165) is 16.8 Å². The summed E-state index contributed by atoms with van der Waals surface area (Å²) in [6.07, 6.45) is -5.11. The highest BCUT2D eigenvalue weighted by molar-refractivity contribution is 7.92. The predicted octanol–water partition coefficient (Wildman–Crippen LogP) is 1.78. The second kappa shape index (κ2) is 7.56. The van der Waals surface area contributed by atoms with E-state index in [4.69, 9.17) is 11.6 Å². The third kappa shape index (κ3) is 5.19. The van der Waals surface area contributed by atoms with E-state index >= 15 is 0 Å². The molecule has 10 nitrogen and oxygen atoms in total. The van der Waals surface area contributed by atoms with Crippen molar-refractivity contribution >= 4 is 39.2 Å². The molecule has 148 valence electrons. The molecule has 0 unspecified atom stereocenters. The molecular weight excluding hydrogens is 417 g/mol. The third-order valence-corrected chi connectivity index (χ3v) is 4.72. The molecule has 2 aromatic rings. The molecule has 0 aliphatic heterocycles. The van der Waals surface area contributed by atoms with Crippen LogP contribution in [0.5, 0.6) is 5.75 Å². The summed E-state index contributed by atoms with van der Waals surface area (Å²) in [5, 5.41) is 12.0. The molecule has 1 aromatic carbocycles. The summed E-state index contributed by atoms with van der Waals surface area (Å²) in [4.78, 5) is 12.3. The fraction of sp³-hybridized carbons (Fsp3) is 0.333. The third-order valence-electron chi connectivity index (χ3n) is 3.06. The first kappa shape index (κ1) is 20.7. The minimum atomic E-state index is -5.11. The zero-order valence-electron chi connectivity index (χ0n) is 13.7. The lowest BCUT2D eigenvalue weighted by atomic mass is 10.1. The van der Waals surface area contributed by atoms with Crippen molar-refractivity contribution in [2.75, 3.05) is 15.8 Å². The number of ether oxygens (including phenoxy) is 1. The lowest BCUT2D eigenvalue weighted by Crippen LogP contribution is -2.22. The van der Waals surface area contributed by atoms with Gasteiger partial charge in [-0.15, -0.1) is 13.2 Å². The van der Waals surface area contributed by atoms with Crippen molar-refractivity contribution in [3.05, 3.63) is 22.7 Å². The molecule has 27 heavy (non-hydrogen) atoms. The van der Waals surface area contributed by atoms with Crippen molar-refractivity contribution < 1.29 is 31.1 Å². The molecule has 0 aliphatic carbocycles. The van der Waals surface area contributed by atoms with Gasteiger partial charge in [-0.05, 0) is 29.5 Å². The van der Waals surface area contributed by atoms with E-state index in [-0.39, 0.29) is 11.5 Å². The van der Waals surface area contributed by atoms with Gasteiger partial charge in [0.2, 0.25) is 16.0 Å². The van der Waals surface area contributed by atoms with Crippen LogP contribution in [-0.2, 0) is 17.1 Å². The minimum Gasteiger partial charge on any atom is -0.403 e. The van der Waals surface area contributed by atoms with Crippen molar-refractivity contribution in [2.24, 2.45) is 7.05 Å². The number of sulfonamides is 1. The van der Waals surface area contributed by atoms with Crippen LogP contribution in [0.2, 0.25) is 5.02 Å². The summed E-state index contributed by atoms with van der Waals surface area (Å²) in [6, 6.07) is 1.70. The van der Waals surface area contributed by atoms with Crippen LogP contribution in [0.15, 0.2) is 12.1 Å². The Balaban J connectivity index is 2.48. The van der Waals surface area contributed by atoms with Crippen molar-refractivity contribution in [1.82, 2.24) is 20.2 Å². The SMILES string of the molecule is CCS(=O)(=O)Nc1c(OC(F)(F)F)ccc(C(=O)Nc2nnnn2C)c1Cl. The van der Waals surface area contributed by atoms with Crippen LogP contribution in [0.3, 0.4) is 0 Å². The molecule has 0 bridgehead atoms. The van der Waals surface area contributed by atoms with E-state index in [1.165, 1.54) is 14.0 Å². The van der Waals surface area contributed by atoms with E-state index in [0.29, 0.717) is 0 Å². The van der Waals surface area contributed by atoms with Crippen LogP contribution in [0, 0.1) is 0 Å². The lowest BCUT2D eigenvalue weighted by Gasteiger charge is -2.17. The second-order valence-corrected chi connectivity index (χ2v) is 7.32. The molecule has 2 rings (SSSR count). The fourth-order valence-electron chi connectivity index (χ4n) is 1.77. The molecule has 15 heteroatoms. The van der Waals surface area contributed by atoms with Gasteiger partial charge in [-0.1, -0.05) is 16.7 Å². The molecule has 1 heterocycles. The molecule has 0 aliphatic rings. The van der Waals surface area contributed by atoms with E-state index in [1.54, 1.807) is 0 Å². The Kier molecular flexibility index (Phi) is 5.79. The van der Waals surface area contributed by atoms with Gasteiger partial charge in [0, 0.05) is 7.05 Å². The van der Waals surface area contributed by atoms with Crippen LogP contribution in [0.1, 0.15) is 17.3 Å². The van der Waals surface area contributed by atoms with Crippen LogP contribution < -0.4 is 14.8 Å². The molecule has 0 radical (unpaired) electrons. The van der Waals surface area contributed by atoms with Gasteiger partial charge >= 0.3 is 6.36 Å². The minimum absolute atomic E-state index is 0.0672. The predicted molar refractivity (Wildman–Crippen MR) is 88.0 cm³/mol. The molecule has 1 amide bonds. The Hall–Kier alpha value is -2.61. The first-order valence-corrected chi connectivity index (χ1v) is 9.09. The van der Waals surface area contributed by atoms with Gasteiger partial charge in [-0.25, -0.2) is 13.1 Å². The van der Waals surface area contributed by atoms with Gasteiger partial charge in [-0.3, -0.25) is 14.8 Å². The van der Waals surface area contributed by atoms with Crippen LogP contribution >= 0.6 is 11.6 Å². The smallest absolute Gasteiger partial charge is 0.403 e. The molecule has 1 aromatic heterocycles. The number of carbonyl (C=O) groups excluding carboxylic acids is 1. The molecule has 0 saturated carbocycles. The summed E-state index contributed by atoms with van der Waals surface area (Å²) >= 11 is 5.99. The number of carbonyl (C=O) groups is 1. The highest BCUT2D eigenvalue weighted by Gasteiger charge is 2.34. The first-order chi connectivity index (χ1) is 12.4. The molecule has 0 atom stereocenters. The van der Waals surface area contributed by atoms with Gasteiger partial charge in [0.1, 0.15) is 5.69 Å². The topological polar surface area (TPSA) is 128 Å². The van der Waals surface area contributed by atoms with E-state index in [9.17, 15) is 26.4 Å². The standard InChI is InChI=1S/C12H12ClF3N6O4S/c1-3-27(24,25)19-9-7(26-12(14,15)16)5-4-6(8(9)13)10(23)17-11-18-20-21-22(11)2/h4-5,19H,3H2,1-2H3,(H,17,18,21,23). The summed E-state index contributed by atoms with van der Waals surface area (Å²) in [7, 11) is -2.59. The number of rotatable bonds is 6. The number of hydrogen-bond donors (Lipinski definition) is 2. The Morgan fingerprint density at radius 3 is 2.56 bits per heavy atom. The lowest BCUT2D eigenvalue weighted by molar-refractivity contribution is -0.274. The summed E-state index contributed by atoms with van der Waals surface area (Å²) in [5.41, 5.74) is -1.05. The van der Waals surface area contributed by atoms with Crippen molar-refractivity contribution in [2.45, 2.75) is 13.3 Å². The number of nitrogens with one attached hydrogen (secondary N) is 2. The number of hydrogen-bond acceptors (Lipinski definition) is 7. The average molecular weight is 429 g/mol. The largest absolute Gasteiger partial charge is 0.573 e. The normalized spacial score (nSPS) is 11.9. The van der Waals surface area contributed by atoms with Crippen LogP contribution in [0.4, 0.5) is 24.8 Å². The Bertz CT molecular complexity index is 963. The Morgan fingerprint density at radius 2 is 2.04 bits per heavy atom. The Labute approximate surface area is 155 Å². The molecule has 0 saturated heterocycles. The van der Waals surface area contributed by atoms with E-state index in [1.807, 2.05) is 4.72 Å². The number of aryl methyl sites for hydroxylation is 1. The summed E-state index contributed by atoms with van der Waals surface area (Å²) in [5.74, 6) is -2.31. The van der Waals surface area contributed by atoms with Crippen molar-refractivity contribution in [1.29, 1.82) is 0 Å². The summed E-state index contributed by atoms with van der Waals surface area (Å²) in [6.45, 7) is 1.26. The van der Waals surface area contributed by atoms with Crippen molar-refractivity contribution in [3.63, 3.8) is 0 Å². The van der Waals surface area contributed by atoms with Crippen LogP contribution in [0.25, 0.3) is 0 Å². The maximum Gasteiger partial charge on any atom is 0.573 e. The first-order valence-electron chi connectivity index (χ1n) is 7.06. The van der Waals surface area contributed by atoms with Gasteiger partial charge in [0.15, 0.2) is 5.75 Å². The molecule has 2 N–H and O–H groups in total. The maximum absolute atomic E-state index is 12.6. The quantitative estimate of drug-likeness (QED) is 0.717. The number of aromatic nitrogens is 4. The van der Waals surface area contributed by atoms with Gasteiger partial charge in [0.05, 0.1) is 16.3 Å². The number of nitrogens with zero attached hydrogens (tertiary/aromatic N) is 4. The van der Waals surface area contributed by atoms with Gasteiger partial charge < -0.3 is 4.74 Å². The van der Waals surface area contributed by atoms with E-state index < -0.39 is 44.5 Å². The number of halogens is 4. The monoisotopic (exact) mass is 428 g/mol. The number of amides is 1. The number of alkyl halides is 3. The van der Waals surface area contributed by atoms with Gasteiger partial charge in [0.25, 0.3) is 5.91 Å². The summed E-state index contributed by atoms with van der Waals surface area (Å²) < 4.78 is 68.1. The number of benzene rings is 1. The highest BCUT2D eigenvalue weighted by atomic mass is 35.5. The zero-order chi connectivity index (χ0) is 20.4. The van der Waals surface area contributed by atoms with E-state index in [2.05, 4.69) is 25.6 Å². The fourth-order valence-corrected chi connectivity index (χ4v) is 2.77. The molecule has 0 spiro atoms. The molecular formula is C12H12ClF3N6O4S. The number of tetrazole rings is 1. The second-order valence-electron chi connectivity index (χ2n) is 4.93. The maximum atomic E-state index is 12.6. The zero-order valence-corrected chi connectivity index (χ0v) is 15.3. The average Bonchev–Trinajstić information content (AvgIpc) is 2.94. The number of anilines is 2. The van der Waals surface area contributed by atoms with Crippen molar-refractivity contribution in [3.8, 4) is 5.75 Å². The van der Waals surface area contributed by atoms with Gasteiger partial charge in [-0.2, -0.15) is 0 Å².